The number of halogens is 1. The molecule has 0 aliphatic heterocycles. The second-order valence-corrected chi connectivity index (χ2v) is 3.93. The van der Waals surface area contributed by atoms with Crippen molar-refractivity contribution in [3.8, 4) is 0 Å². The molecule has 0 amide bonds. The monoisotopic (exact) mass is 267 g/mol. The average Bonchev–Trinajstić information content (AvgIpc) is 2.70. The Bertz CT molecular complexity index is 422. The standard InChI is InChI=1S/C10H10BrN3O/c11-8-4-13-5-9(12)10(8)14-3-7-1-2-15-6-7/h1-2,4-6H,3,12H2,(H,13,14). The lowest BCUT2D eigenvalue weighted by atomic mass is 10.3. The molecule has 0 aliphatic rings. The maximum atomic E-state index is 5.78. The number of nitrogens with two attached hydrogens (primary N) is 1. The average molecular weight is 268 g/mol. The first kappa shape index (κ1) is 10.0. The van der Waals surface area contributed by atoms with Crippen LogP contribution in [-0.4, -0.2) is 4.98 Å². The van der Waals surface area contributed by atoms with Crippen LogP contribution < -0.4 is 11.1 Å². The molecule has 2 aromatic heterocycles. The van der Waals surface area contributed by atoms with Gasteiger partial charge in [0.2, 0.25) is 0 Å². The lowest BCUT2D eigenvalue weighted by Gasteiger charge is -2.09. The van der Waals surface area contributed by atoms with Crippen molar-refractivity contribution in [1.82, 2.24) is 4.98 Å². The van der Waals surface area contributed by atoms with Gasteiger partial charge in [0.25, 0.3) is 0 Å². The molecule has 15 heavy (non-hydrogen) atoms. The van der Waals surface area contributed by atoms with Gasteiger partial charge >= 0.3 is 0 Å². The topological polar surface area (TPSA) is 64.1 Å². The molecular weight excluding hydrogens is 258 g/mol. The van der Waals surface area contributed by atoms with E-state index in [1.807, 2.05) is 6.07 Å². The van der Waals surface area contributed by atoms with Crippen LogP contribution in [0.25, 0.3) is 0 Å². The molecule has 0 saturated carbocycles. The van der Waals surface area contributed by atoms with Gasteiger partial charge in [-0.2, -0.15) is 0 Å². The fourth-order valence-electron chi connectivity index (χ4n) is 1.22. The van der Waals surface area contributed by atoms with Crippen molar-refractivity contribution >= 4 is 27.3 Å². The molecule has 0 aliphatic carbocycles. The van der Waals surface area contributed by atoms with Crippen LogP contribution >= 0.6 is 15.9 Å². The number of nitrogens with one attached hydrogen (secondary N) is 1. The van der Waals surface area contributed by atoms with Gasteiger partial charge in [-0.3, -0.25) is 4.98 Å². The molecule has 0 fully saturated rings. The second-order valence-electron chi connectivity index (χ2n) is 3.07. The van der Waals surface area contributed by atoms with Gasteiger partial charge in [-0.25, -0.2) is 0 Å². The Labute approximate surface area is 95.6 Å². The van der Waals surface area contributed by atoms with E-state index in [2.05, 4.69) is 26.2 Å². The van der Waals surface area contributed by atoms with Crippen LogP contribution in [0.4, 0.5) is 11.4 Å². The molecule has 0 atom stereocenters. The maximum Gasteiger partial charge on any atom is 0.0952 e. The summed E-state index contributed by atoms with van der Waals surface area (Å²) >= 11 is 3.38. The van der Waals surface area contributed by atoms with Crippen LogP contribution in [0, 0.1) is 0 Å². The summed E-state index contributed by atoms with van der Waals surface area (Å²) in [6.07, 6.45) is 6.65. The van der Waals surface area contributed by atoms with Gasteiger partial charge in [-0.1, -0.05) is 0 Å². The molecule has 2 rings (SSSR count). The Kier molecular flexibility index (Phi) is 2.91. The minimum Gasteiger partial charge on any atom is -0.472 e. The Morgan fingerprint density at radius 2 is 2.33 bits per heavy atom. The molecule has 0 unspecified atom stereocenters. The summed E-state index contributed by atoms with van der Waals surface area (Å²) in [5.74, 6) is 0. The zero-order valence-electron chi connectivity index (χ0n) is 7.90. The van der Waals surface area contributed by atoms with Crippen molar-refractivity contribution in [3.63, 3.8) is 0 Å². The summed E-state index contributed by atoms with van der Waals surface area (Å²) in [6.45, 7) is 0.670. The summed E-state index contributed by atoms with van der Waals surface area (Å²) in [5.41, 5.74) is 8.32. The third-order valence-corrected chi connectivity index (χ3v) is 2.58. The van der Waals surface area contributed by atoms with Crippen LogP contribution in [-0.2, 0) is 6.54 Å². The molecule has 0 saturated heterocycles. The number of hydrogen-bond donors (Lipinski definition) is 2. The molecule has 0 aromatic carbocycles. The first-order valence-corrected chi connectivity index (χ1v) is 5.20. The molecule has 4 nitrogen and oxygen atoms in total. The normalized spacial score (nSPS) is 10.2. The minimum atomic E-state index is 0.618. The van der Waals surface area contributed by atoms with E-state index in [1.165, 1.54) is 0 Å². The van der Waals surface area contributed by atoms with E-state index in [9.17, 15) is 0 Å². The van der Waals surface area contributed by atoms with E-state index < -0.39 is 0 Å². The summed E-state index contributed by atoms with van der Waals surface area (Å²) in [6, 6.07) is 1.90. The molecule has 0 bridgehead atoms. The van der Waals surface area contributed by atoms with Gasteiger partial charge in [-0.05, 0) is 22.0 Å². The number of anilines is 2. The van der Waals surface area contributed by atoms with E-state index in [1.54, 1.807) is 24.9 Å². The Hall–Kier alpha value is -1.49. The number of pyridine rings is 1. The maximum absolute atomic E-state index is 5.78. The predicted octanol–water partition coefficient (Wildman–Crippen LogP) is 2.63. The predicted molar refractivity (Wildman–Crippen MR) is 62.4 cm³/mol. The second kappa shape index (κ2) is 4.35. The van der Waals surface area contributed by atoms with Crippen molar-refractivity contribution in [2.75, 3.05) is 11.1 Å². The molecule has 0 spiro atoms. The van der Waals surface area contributed by atoms with E-state index >= 15 is 0 Å². The van der Waals surface area contributed by atoms with Crippen LogP contribution in [0.3, 0.4) is 0 Å². The van der Waals surface area contributed by atoms with Crippen LogP contribution in [0.1, 0.15) is 5.56 Å². The third-order valence-electron chi connectivity index (χ3n) is 1.98. The lowest BCUT2D eigenvalue weighted by molar-refractivity contribution is 0.564. The quantitative estimate of drug-likeness (QED) is 0.898. The Morgan fingerprint density at radius 3 is 3.00 bits per heavy atom. The highest BCUT2D eigenvalue weighted by Gasteiger charge is 2.04. The van der Waals surface area contributed by atoms with Crippen molar-refractivity contribution < 1.29 is 4.42 Å². The Balaban J connectivity index is 2.11. The first-order chi connectivity index (χ1) is 7.27. The number of nitrogens with zero attached hydrogens (tertiary/aromatic N) is 1. The molecular formula is C10H10BrN3O. The summed E-state index contributed by atoms with van der Waals surface area (Å²) < 4.78 is 5.82. The highest BCUT2D eigenvalue weighted by Crippen LogP contribution is 2.27. The van der Waals surface area contributed by atoms with E-state index in [-0.39, 0.29) is 0 Å². The van der Waals surface area contributed by atoms with Gasteiger partial charge in [-0.15, -0.1) is 0 Å². The molecule has 2 heterocycles. The van der Waals surface area contributed by atoms with Crippen molar-refractivity contribution in [2.24, 2.45) is 0 Å². The fraction of sp³-hybridized carbons (Fsp3) is 0.100. The summed E-state index contributed by atoms with van der Waals surface area (Å²) in [5, 5.41) is 3.21. The molecule has 0 radical (unpaired) electrons. The lowest BCUT2D eigenvalue weighted by Crippen LogP contribution is -2.02. The molecule has 2 aromatic rings. The van der Waals surface area contributed by atoms with Gasteiger partial charge < -0.3 is 15.5 Å². The van der Waals surface area contributed by atoms with Crippen molar-refractivity contribution in [3.05, 3.63) is 41.0 Å². The first-order valence-electron chi connectivity index (χ1n) is 4.41. The number of rotatable bonds is 3. The summed E-state index contributed by atoms with van der Waals surface area (Å²) in [7, 11) is 0. The highest BCUT2D eigenvalue weighted by atomic mass is 79.9. The van der Waals surface area contributed by atoms with E-state index in [0.29, 0.717) is 12.2 Å². The van der Waals surface area contributed by atoms with Crippen LogP contribution in [0.2, 0.25) is 0 Å². The molecule has 3 N–H and O–H groups in total. The van der Waals surface area contributed by atoms with Crippen LogP contribution in [0.15, 0.2) is 39.9 Å². The smallest absolute Gasteiger partial charge is 0.0952 e. The Morgan fingerprint density at radius 1 is 1.47 bits per heavy atom. The van der Waals surface area contributed by atoms with Gasteiger partial charge in [0.1, 0.15) is 0 Å². The largest absolute Gasteiger partial charge is 0.472 e. The summed E-state index contributed by atoms with van der Waals surface area (Å²) in [4.78, 5) is 3.96. The van der Waals surface area contributed by atoms with E-state index in [0.717, 1.165) is 15.7 Å². The zero-order chi connectivity index (χ0) is 10.7. The van der Waals surface area contributed by atoms with Crippen molar-refractivity contribution in [1.29, 1.82) is 0 Å². The zero-order valence-corrected chi connectivity index (χ0v) is 9.49. The van der Waals surface area contributed by atoms with Crippen LogP contribution in [0.5, 0.6) is 0 Å². The number of nitrogen functional groups attached to an aromatic ring is 1. The highest BCUT2D eigenvalue weighted by molar-refractivity contribution is 9.10. The fourth-order valence-corrected chi connectivity index (χ4v) is 1.71. The SMILES string of the molecule is Nc1cncc(Br)c1NCc1ccoc1. The number of furan rings is 1. The van der Waals surface area contributed by atoms with Gasteiger partial charge in [0.15, 0.2) is 0 Å². The van der Waals surface area contributed by atoms with Gasteiger partial charge in [0, 0.05) is 18.3 Å². The third kappa shape index (κ3) is 2.30. The van der Waals surface area contributed by atoms with E-state index in [4.69, 9.17) is 10.2 Å². The number of aromatic nitrogens is 1. The molecule has 78 valence electrons. The molecule has 5 heteroatoms. The number of hydrogen-bond acceptors (Lipinski definition) is 4. The minimum absolute atomic E-state index is 0.618. The van der Waals surface area contributed by atoms with Crippen molar-refractivity contribution in [2.45, 2.75) is 6.54 Å². The van der Waals surface area contributed by atoms with Gasteiger partial charge in [0.05, 0.1) is 34.6 Å².